The number of rotatable bonds is 71. The summed E-state index contributed by atoms with van der Waals surface area (Å²) in [5.41, 5.74) is 0. The molecule has 0 saturated heterocycles. The topological polar surface area (TPSA) is 78.9 Å². The molecule has 6 heteroatoms. The highest BCUT2D eigenvalue weighted by Crippen LogP contribution is 2.20. The van der Waals surface area contributed by atoms with Crippen LogP contribution >= 0.6 is 0 Å². The van der Waals surface area contributed by atoms with Gasteiger partial charge in [-0.3, -0.25) is 14.4 Å². The Kier molecular flexibility index (Phi) is 70.0. The molecule has 6 nitrogen and oxygen atoms in total. The van der Waals surface area contributed by atoms with E-state index in [0.29, 0.717) is 19.3 Å². The Balaban J connectivity index is 4.10. The molecule has 0 aromatic carbocycles. The lowest BCUT2D eigenvalue weighted by atomic mass is 10.0. The second-order valence-corrected chi connectivity index (χ2v) is 25.9. The van der Waals surface area contributed by atoms with Crippen molar-refractivity contribution in [3.63, 3.8) is 0 Å². The molecular formula is C76H146O6. The van der Waals surface area contributed by atoms with Crippen molar-refractivity contribution in [1.29, 1.82) is 0 Å². The lowest BCUT2D eigenvalue weighted by molar-refractivity contribution is -0.167. The van der Waals surface area contributed by atoms with Crippen molar-refractivity contribution >= 4 is 17.9 Å². The van der Waals surface area contributed by atoms with Gasteiger partial charge in [-0.05, 0) is 38.5 Å². The minimum Gasteiger partial charge on any atom is -0.462 e. The quantitative estimate of drug-likeness (QED) is 0.0261. The van der Waals surface area contributed by atoms with Crippen LogP contribution in [0.4, 0.5) is 0 Å². The molecule has 0 saturated carbocycles. The highest BCUT2D eigenvalue weighted by Gasteiger charge is 2.20. The first-order valence-electron chi connectivity index (χ1n) is 37.7. The Labute approximate surface area is 513 Å². The molecule has 0 rings (SSSR count). The maximum absolute atomic E-state index is 13.0. The summed E-state index contributed by atoms with van der Waals surface area (Å²) in [6.07, 6.45) is 87.1. The molecule has 0 spiro atoms. The fourth-order valence-corrected chi connectivity index (χ4v) is 11.8. The van der Waals surface area contributed by atoms with Crippen molar-refractivity contribution in [3.8, 4) is 0 Å². The van der Waals surface area contributed by atoms with E-state index in [0.717, 1.165) is 64.2 Å². The minimum absolute atomic E-state index is 0.0657. The standard InChI is InChI=1S/C76H146O6/c1-4-7-10-13-16-19-22-24-26-28-30-32-34-36-37-38-40-41-43-45-47-49-51-54-57-60-63-66-69-75(78)81-72-73(71-80-74(77)68-65-62-59-56-53-21-18-15-12-9-6-3)82-76(79)70-67-64-61-58-55-52-50-48-46-44-42-39-35-33-31-29-27-25-23-20-17-14-11-8-5-2/h15,18,73H,4-14,16-17,19-72H2,1-3H3/b18-15-. The monoisotopic (exact) mass is 1160 g/mol. The summed E-state index contributed by atoms with van der Waals surface area (Å²) in [6, 6.07) is 0. The van der Waals surface area contributed by atoms with Crippen molar-refractivity contribution in [2.24, 2.45) is 0 Å². The molecule has 0 aromatic rings. The van der Waals surface area contributed by atoms with E-state index in [-0.39, 0.29) is 31.1 Å². The summed E-state index contributed by atoms with van der Waals surface area (Å²) in [4.78, 5) is 38.4. The SMILES string of the molecule is CCCC/C=C\CCCCCCCC(=O)OCC(COC(=O)CCCCCCCCCCCCCCCCCCCCCCCCCCCCCC)OC(=O)CCCCCCCCCCCCCCCCCCCCCCCCCCC. The van der Waals surface area contributed by atoms with Gasteiger partial charge in [0.1, 0.15) is 13.2 Å². The summed E-state index contributed by atoms with van der Waals surface area (Å²) in [7, 11) is 0. The average molecular weight is 1160 g/mol. The molecule has 1 unspecified atom stereocenters. The summed E-state index contributed by atoms with van der Waals surface area (Å²) in [5.74, 6) is -0.840. The second kappa shape index (κ2) is 71.6. The van der Waals surface area contributed by atoms with Crippen LogP contribution in [0.15, 0.2) is 12.2 Å². The molecule has 0 aliphatic carbocycles. The summed E-state index contributed by atoms with van der Waals surface area (Å²) < 4.78 is 17.0. The molecule has 0 radical (unpaired) electrons. The molecule has 0 aromatic heterocycles. The van der Waals surface area contributed by atoms with Gasteiger partial charge >= 0.3 is 17.9 Å². The van der Waals surface area contributed by atoms with Crippen molar-refractivity contribution in [1.82, 2.24) is 0 Å². The molecule has 486 valence electrons. The number of carbonyl (C=O) groups excluding carboxylic acids is 3. The Morgan fingerprint density at radius 1 is 0.232 bits per heavy atom. The number of ether oxygens (including phenoxy) is 3. The summed E-state index contributed by atoms with van der Waals surface area (Å²) in [6.45, 7) is 6.69. The van der Waals surface area contributed by atoms with Gasteiger partial charge in [-0.1, -0.05) is 392 Å². The number of hydrogen-bond donors (Lipinski definition) is 0. The van der Waals surface area contributed by atoms with E-state index in [1.54, 1.807) is 0 Å². The van der Waals surface area contributed by atoms with E-state index in [9.17, 15) is 14.4 Å². The van der Waals surface area contributed by atoms with Gasteiger partial charge < -0.3 is 14.2 Å². The molecule has 0 amide bonds. The Morgan fingerprint density at radius 2 is 0.415 bits per heavy atom. The number of unbranched alkanes of at least 4 members (excludes halogenated alkanes) is 58. The largest absolute Gasteiger partial charge is 0.462 e. The molecule has 0 aliphatic rings. The van der Waals surface area contributed by atoms with E-state index in [1.807, 2.05) is 0 Å². The van der Waals surface area contributed by atoms with E-state index >= 15 is 0 Å². The van der Waals surface area contributed by atoms with Gasteiger partial charge in [0.2, 0.25) is 0 Å². The van der Waals surface area contributed by atoms with E-state index in [1.165, 1.54) is 334 Å². The number of esters is 3. The molecule has 0 fully saturated rings. The lowest BCUT2D eigenvalue weighted by Crippen LogP contribution is -2.30. The van der Waals surface area contributed by atoms with Crippen LogP contribution in [0.1, 0.15) is 438 Å². The summed E-state index contributed by atoms with van der Waals surface area (Å²) in [5, 5.41) is 0. The van der Waals surface area contributed by atoms with Crippen LogP contribution in [0.2, 0.25) is 0 Å². The molecule has 0 aliphatic heterocycles. The van der Waals surface area contributed by atoms with E-state index < -0.39 is 6.10 Å². The third kappa shape index (κ3) is 68.9. The van der Waals surface area contributed by atoms with Crippen molar-refractivity contribution in [2.75, 3.05) is 13.2 Å². The highest BCUT2D eigenvalue weighted by molar-refractivity contribution is 5.71. The van der Waals surface area contributed by atoms with E-state index in [2.05, 4.69) is 32.9 Å². The van der Waals surface area contributed by atoms with Crippen LogP contribution in [-0.2, 0) is 28.6 Å². The number of carbonyl (C=O) groups is 3. The normalized spacial score (nSPS) is 12.0. The third-order valence-corrected chi connectivity index (χ3v) is 17.5. The zero-order valence-electron chi connectivity index (χ0n) is 56.1. The fourth-order valence-electron chi connectivity index (χ4n) is 11.8. The van der Waals surface area contributed by atoms with Crippen molar-refractivity contribution in [3.05, 3.63) is 12.2 Å². The van der Waals surface area contributed by atoms with Crippen LogP contribution < -0.4 is 0 Å². The molecule has 82 heavy (non-hydrogen) atoms. The maximum Gasteiger partial charge on any atom is 0.306 e. The predicted octanol–water partition coefficient (Wildman–Crippen LogP) is 26.0. The van der Waals surface area contributed by atoms with Crippen molar-refractivity contribution in [2.45, 2.75) is 444 Å². The molecular weight excluding hydrogens is 1010 g/mol. The lowest BCUT2D eigenvalue weighted by Gasteiger charge is -2.18. The highest BCUT2D eigenvalue weighted by atomic mass is 16.6. The Bertz CT molecular complexity index is 1280. The Morgan fingerprint density at radius 3 is 0.646 bits per heavy atom. The average Bonchev–Trinajstić information content (AvgIpc) is 3.48. The third-order valence-electron chi connectivity index (χ3n) is 17.5. The first-order valence-corrected chi connectivity index (χ1v) is 37.7. The van der Waals surface area contributed by atoms with Gasteiger partial charge in [0.25, 0.3) is 0 Å². The van der Waals surface area contributed by atoms with Gasteiger partial charge in [0, 0.05) is 19.3 Å². The first-order chi connectivity index (χ1) is 40.5. The maximum atomic E-state index is 13.0. The minimum atomic E-state index is -0.770. The molecule has 0 N–H and O–H groups in total. The van der Waals surface area contributed by atoms with Crippen LogP contribution in [0, 0.1) is 0 Å². The summed E-state index contributed by atoms with van der Waals surface area (Å²) >= 11 is 0. The predicted molar refractivity (Wildman–Crippen MR) is 358 cm³/mol. The number of hydrogen-bond acceptors (Lipinski definition) is 6. The first kappa shape index (κ1) is 80.2. The smallest absolute Gasteiger partial charge is 0.306 e. The van der Waals surface area contributed by atoms with Gasteiger partial charge in [0.05, 0.1) is 0 Å². The van der Waals surface area contributed by atoms with Crippen LogP contribution in [0.3, 0.4) is 0 Å². The molecule has 0 heterocycles. The van der Waals surface area contributed by atoms with Gasteiger partial charge in [-0.25, -0.2) is 0 Å². The zero-order chi connectivity index (χ0) is 59.2. The van der Waals surface area contributed by atoms with Crippen molar-refractivity contribution < 1.29 is 28.6 Å². The fraction of sp³-hybridized carbons (Fsp3) is 0.934. The van der Waals surface area contributed by atoms with Crippen LogP contribution in [-0.4, -0.2) is 37.2 Å². The van der Waals surface area contributed by atoms with Gasteiger partial charge in [0.15, 0.2) is 6.10 Å². The number of allylic oxidation sites excluding steroid dienone is 2. The Hall–Kier alpha value is -1.85. The second-order valence-electron chi connectivity index (χ2n) is 25.9. The van der Waals surface area contributed by atoms with Crippen LogP contribution in [0.5, 0.6) is 0 Å². The molecule has 0 bridgehead atoms. The van der Waals surface area contributed by atoms with Gasteiger partial charge in [-0.2, -0.15) is 0 Å². The zero-order valence-corrected chi connectivity index (χ0v) is 56.1. The van der Waals surface area contributed by atoms with Gasteiger partial charge in [-0.15, -0.1) is 0 Å². The van der Waals surface area contributed by atoms with Crippen LogP contribution in [0.25, 0.3) is 0 Å². The van der Waals surface area contributed by atoms with E-state index in [4.69, 9.17) is 14.2 Å². The molecule has 1 atom stereocenters.